The van der Waals surface area contributed by atoms with E-state index in [9.17, 15) is 0 Å². The molecule has 0 spiro atoms. The Kier molecular flexibility index (Phi) is 4.63. The highest BCUT2D eigenvalue weighted by Gasteiger charge is 2.25. The predicted molar refractivity (Wildman–Crippen MR) is 89.1 cm³/mol. The molecule has 20 heavy (non-hydrogen) atoms. The summed E-state index contributed by atoms with van der Waals surface area (Å²) in [4.78, 5) is 3.50. The Bertz CT molecular complexity index is 496. The highest BCUT2D eigenvalue weighted by atomic mass is 32.2. The molecule has 1 aliphatic heterocycles. The van der Waals surface area contributed by atoms with Crippen molar-refractivity contribution in [1.82, 2.24) is 0 Å². The molecule has 0 atom stereocenters. The van der Waals surface area contributed by atoms with E-state index >= 15 is 0 Å². The topological polar surface area (TPSA) is 53.1 Å². The minimum atomic E-state index is 0.174. The Balaban J connectivity index is 2.35. The number of nitrogen functional groups attached to an aromatic ring is 1. The van der Waals surface area contributed by atoms with Gasteiger partial charge in [0.15, 0.2) is 0 Å². The van der Waals surface area contributed by atoms with Crippen LogP contribution < -0.4 is 10.6 Å². The largest absolute Gasteiger partial charge is 0.384 e. The number of nitrogens with one attached hydrogen (secondary N) is 1. The molecule has 0 radical (unpaired) electrons. The fourth-order valence-corrected chi connectivity index (χ4v) is 3.52. The van der Waals surface area contributed by atoms with E-state index in [0.29, 0.717) is 5.41 Å². The minimum Gasteiger partial charge on any atom is -0.384 e. The van der Waals surface area contributed by atoms with Crippen LogP contribution in [0.3, 0.4) is 0 Å². The Morgan fingerprint density at radius 3 is 2.70 bits per heavy atom. The van der Waals surface area contributed by atoms with E-state index in [0.717, 1.165) is 29.2 Å². The van der Waals surface area contributed by atoms with Crippen molar-refractivity contribution in [3.05, 3.63) is 23.8 Å². The summed E-state index contributed by atoms with van der Waals surface area (Å²) >= 11 is 1.66. The first-order valence-electron chi connectivity index (χ1n) is 7.21. The van der Waals surface area contributed by atoms with E-state index in [1.807, 2.05) is 12.3 Å². The zero-order valence-corrected chi connectivity index (χ0v) is 13.5. The number of thioether (sulfide) groups is 1. The van der Waals surface area contributed by atoms with Gasteiger partial charge in [-0.25, -0.2) is 0 Å². The van der Waals surface area contributed by atoms with Crippen LogP contribution in [0.2, 0.25) is 0 Å². The van der Waals surface area contributed by atoms with E-state index in [4.69, 9.17) is 11.1 Å². The lowest BCUT2D eigenvalue weighted by atomic mass is 9.85. The minimum absolute atomic E-state index is 0.174. The fraction of sp³-hybridized carbons (Fsp3) is 0.562. The SMILES string of the molecule is CSc1cccc(N2CCCC(C)(C)CC2)c1C(=N)N. The number of rotatable bonds is 3. The maximum atomic E-state index is 7.91. The second-order valence-electron chi connectivity index (χ2n) is 6.27. The summed E-state index contributed by atoms with van der Waals surface area (Å²) < 4.78 is 0. The van der Waals surface area contributed by atoms with Crippen molar-refractivity contribution in [3.8, 4) is 0 Å². The molecule has 4 heteroatoms. The van der Waals surface area contributed by atoms with Crippen molar-refractivity contribution < 1.29 is 0 Å². The second-order valence-corrected chi connectivity index (χ2v) is 7.12. The van der Waals surface area contributed by atoms with Crippen LogP contribution in [0.1, 0.15) is 38.7 Å². The molecule has 1 aromatic rings. The molecule has 0 aromatic heterocycles. The molecule has 1 saturated heterocycles. The normalized spacial score (nSPS) is 18.6. The third kappa shape index (κ3) is 3.29. The number of hydrogen-bond acceptors (Lipinski definition) is 3. The standard InChI is InChI=1S/C16H25N3S/c1-16(2)8-5-10-19(11-9-16)12-6-4-7-13(20-3)14(12)15(17)18/h4,6-7H,5,8-11H2,1-3H3,(H3,17,18). The number of nitrogens with zero attached hydrogens (tertiary/aromatic N) is 1. The number of anilines is 1. The van der Waals surface area contributed by atoms with Crippen LogP contribution in [-0.2, 0) is 0 Å². The van der Waals surface area contributed by atoms with Gasteiger partial charge in [-0.3, -0.25) is 5.41 Å². The quantitative estimate of drug-likeness (QED) is 0.507. The van der Waals surface area contributed by atoms with E-state index < -0.39 is 0 Å². The van der Waals surface area contributed by atoms with Crippen LogP contribution in [0.25, 0.3) is 0 Å². The second kappa shape index (κ2) is 6.08. The lowest BCUT2D eigenvalue weighted by Crippen LogP contribution is -2.28. The molecule has 110 valence electrons. The van der Waals surface area contributed by atoms with E-state index in [1.54, 1.807) is 11.8 Å². The lowest BCUT2D eigenvalue weighted by Gasteiger charge is -2.27. The van der Waals surface area contributed by atoms with Gasteiger partial charge in [0.1, 0.15) is 5.84 Å². The van der Waals surface area contributed by atoms with Gasteiger partial charge >= 0.3 is 0 Å². The van der Waals surface area contributed by atoms with Crippen LogP contribution in [0.5, 0.6) is 0 Å². The number of benzene rings is 1. The van der Waals surface area contributed by atoms with Crippen LogP contribution >= 0.6 is 11.8 Å². The molecule has 0 saturated carbocycles. The van der Waals surface area contributed by atoms with Crippen molar-refractivity contribution >= 4 is 23.3 Å². The van der Waals surface area contributed by atoms with Gasteiger partial charge in [-0.1, -0.05) is 19.9 Å². The molecule has 3 nitrogen and oxygen atoms in total. The Hall–Kier alpha value is -1.16. The zero-order chi connectivity index (χ0) is 14.8. The summed E-state index contributed by atoms with van der Waals surface area (Å²) in [6.45, 7) is 6.80. The third-order valence-corrected chi connectivity index (χ3v) is 4.95. The van der Waals surface area contributed by atoms with Gasteiger partial charge in [0.05, 0.1) is 5.56 Å². The smallest absolute Gasteiger partial charge is 0.126 e. The van der Waals surface area contributed by atoms with Crippen LogP contribution in [0.4, 0.5) is 5.69 Å². The maximum absolute atomic E-state index is 7.91. The molecular weight excluding hydrogens is 266 g/mol. The van der Waals surface area contributed by atoms with Crippen molar-refractivity contribution in [2.45, 2.75) is 38.0 Å². The van der Waals surface area contributed by atoms with Gasteiger partial charge in [0, 0.05) is 23.7 Å². The molecule has 1 aliphatic rings. The number of hydrogen-bond donors (Lipinski definition) is 2. The first kappa shape index (κ1) is 15.2. The van der Waals surface area contributed by atoms with Crippen LogP contribution in [0, 0.1) is 10.8 Å². The number of nitrogens with two attached hydrogens (primary N) is 1. The first-order valence-corrected chi connectivity index (χ1v) is 8.43. The summed E-state index contributed by atoms with van der Waals surface area (Å²) in [5.41, 5.74) is 8.28. The van der Waals surface area contributed by atoms with Crippen molar-refractivity contribution in [2.75, 3.05) is 24.2 Å². The van der Waals surface area contributed by atoms with Crippen LogP contribution in [-0.4, -0.2) is 25.2 Å². The molecule has 2 rings (SSSR count). The van der Waals surface area contributed by atoms with E-state index in [-0.39, 0.29) is 5.84 Å². The molecule has 0 unspecified atom stereocenters. The molecule has 1 heterocycles. The highest BCUT2D eigenvalue weighted by Crippen LogP contribution is 2.34. The maximum Gasteiger partial charge on any atom is 0.126 e. The molecular formula is C16H25N3S. The molecule has 1 fully saturated rings. The summed E-state index contributed by atoms with van der Waals surface area (Å²) in [7, 11) is 0. The summed E-state index contributed by atoms with van der Waals surface area (Å²) in [6.07, 6.45) is 5.69. The summed E-state index contributed by atoms with van der Waals surface area (Å²) in [6, 6.07) is 6.23. The van der Waals surface area contributed by atoms with Gasteiger partial charge in [-0.2, -0.15) is 0 Å². The van der Waals surface area contributed by atoms with E-state index in [2.05, 4.69) is 30.9 Å². The molecule has 0 amide bonds. The molecule has 1 aromatic carbocycles. The van der Waals surface area contributed by atoms with Crippen LogP contribution in [0.15, 0.2) is 23.1 Å². The summed E-state index contributed by atoms with van der Waals surface area (Å²) in [5.74, 6) is 0.174. The average Bonchev–Trinajstić information content (AvgIpc) is 2.58. The monoisotopic (exact) mass is 291 g/mol. The molecule has 0 bridgehead atoms. The highest BCUT2D eigenvalue weighted by molar-refractivity contribution is 7.98. The summed E-state index contributed by atoms with van der Waals surface area (Å²) in [5, 5.41) is 7.91. The van der Waals surface area contributed by atoms with Gasteiger partial charge in [-0.15, -0.1) is 11.8 Å². The van der Waals surface area contributed by atoms with Gasteiger partial charge < -0.3 is 10.6 Å². The average molecular weight is 291 g/mol. The lowest BCUT2D eigenvalue weighted by molar-refractivity contribution is 0.325. The third-order valence-electron chi connectivity index (χ3n) is 4.17. The Morgan fingerprint density at radius 2 is 2.05 bits per heavy atom. The Morgan fingerprint density at radius 1 is 1.30 bits per heavy atom. The predicted octanol–water partition coefficient (Wildman–Crippen LogP) is 3.71. The fourth-order valence-electron chi connectivity index (χ4n) is 2.89. The van der Waals surface area contributed by atoms with Gasteiger partial charge in [0.25, 0.3) is 0 Å². The van der Waals surface area contributed by atoms with Crippen molar-refractivity contribution in [2.24, 2.45) is 11.1 Å². The van der Waals surface area contributed by atoms with Crippen molar-refractivity contribution in [3.63, 3.8) is 0 Å². The number of amidine groups is 1. The van der Waals surface area contributed by atoms with Gasteiger partial charge in [0.2, 0.25) is 0 Å². The van der Waals surface area contributed by atoms with Crippen molar-refractivity contribution in [1.29, 1.82) is 5.41 Å². The molecule has 3 N–H and O–H groups in total. The molecule has 0 aliphatic carbocycles. The van der Waals surface area contributed by atoms with Gasteiger partial charge in [-0.05, 0) is 43.1 Å². The van der Waals surface area contributed by atoms with E-state index in [1.165, 1.54) is 19.3 Å². The zero-order valence-electron chi connectivity index (χ0n) is 12.7. The Labute approximate surface area is 126 Å². The first-order chi connectivity index (χ1) is 9.44.